The predicted octanol–water partition coefficient (Wildman–Crippen LogP) is 5.10. The summed E-state index contributed by atoms with van der Waals surface area (Å²) in [4.78, 5) is 13.0. The molecule has 148 valence electrons. The number of hydrogen-bond donors (Lipinski definition) is 1. The van der Waals surface area contributed by atoms with E-state index in [0.717, 1.165) is 28.6 Å². The molecule has 0 aliphatic heterocycles. The highest BCUT2D eigenvalue weighted by atomic mass is 19.2. The summed E-state index contributed by atoms with van der Waals surface area (Å²) >= 11 is 0. The molecule has 3 heterocycles. The Kier molecular flexibility index (Phi) is 4.84. The van der Waals surface area contributed by atoms with Gasteiger partial charge in [0.05, 0.1) is 30.2 Å². The minimum absolute atomic E-state index is 0.153. The molecule has 29 heavy (non-hydrogen) atoms. The molecular weight excluding hydrogens is 376 g/mol. The van der Waals surface area contributed by atoms with Gasteiger partial charge in [0, 0.05) is 47.7 Å². The van der Waals surface area contributed by atoms with Crippen molar-refractivity contribution in [1.82, 2.24) is 19.5 Å². The third kappa shape index (κ3) is 3.49. The number of fused-ring (bicyclic) bond motifs is 1. The first-order chi connectivity index (χ1) is 14.0. The summed E-state index contributed by atoms with van der Waals surface area (Å²) < 4.78 is 34.4. The molecule has 1 N–H and O–H groups in total. The number of nitrogens with zero attached hydrogens (tertiary/aromatic N) is 4. The van der Waals surface area contributed by atoms with Crippen LogP contribution in [0.4, 0.5) is 20.4 Å². The summed E-state index contributed by atoms with van der Waals surface area (Å²) in [7, 11) is 1.38. The Labute approximate surface area is 166 Å². The van der Waals surface area contributed by atoms with Crippen molar-refractivity contribution in [1.29, 1.82) is 0 Å². The van der Waals surface area contributed by atoms with E-state index in [-0.39, 0.29) is 23.4 Å². The number of ether oxygens (including phenoxy) is 1. The van der Waals surface area contributed by atoms with Crippen LogP contribution in [0.5, 0.6) is 5.75 Å². The van der Waals surface area contributed by atoms with Gasteiger partial charge in [-0.2, -0.15) is 0 Å². The average Bonchev–Trinajstić information content (AvgIpc) is 3.11. The summed E-state index contributed by atoms with van der Waals surface area (Å²) in [6.07, 6.45) is 7.20. The number of methoxy groups -OCH3 is 1. The molecule has 0 spiro atoms. The minimum atomic E-state index is -0.989. The van der Waals surface area contributed by atoms with Crippen molar-refractivity contribution in [2.45, 2.75) is 19.9 Å². The molecule has 3 aromatic heterocycles. The predicted molar refractivity (Wildman–Crippen MR) is 107 cm³/mol. The quantitative estimate of drug-likeness (QED) is 0.509. The highest BCUT2D eigenvalue weighted by Crippen LogP contribution is 2.33. The lowest BCUT2D eigenvalue weighted by molar-refractivity contribution is 0.408. The fourth-order valence-electron chi connectivity index (χ4n) is 3.21. The molecule has 0 bridgehead atoms. The number of benzene rings is 1. The molecule has 0 fully saturated rings. The maximum Gasteiger partial charge on any atom is 0.227 e. The minimum Gasteiger partial charge on any atom is -0.494 e. The smallest absolute Gasteiger partial charge is 0.227 e. The van der Waals surface area contributed by atoms with Crippen molar-refractivity contribution in [3.05, 3.63) is 60.7 Å². The van der Waals surface area contributed by atoms with Crippen molar-refractivity contribution in [2.24, 2.45) is 0 Å². The molecule has 0 radical (unpaired) electrons. The molecule has 8 heteroatoms. The van der Waals surface area contributed by atoms with E-state index in [1.807, 2.05) is 18.5 Å². The lowest BCUT2D eigenvalue weighted by Gasteiger charge is -2.11. The highest BCUT2D eigenvalue weighted by Gasteiger charge is 2.15. The molecular formula is C21H19F2N5O. The largest absolute Gasteiger partial charge is 0.494 e. The Balaban J connectivity index is 1.76. The zero-order valence-corrected chi connectivity index (χ0v) is 16.1. The zero-order valence-electron chi connectivity index (χ0n) is 16.1. The third-order valence-corrected chi connectivity index (χ3v) is 4.61. The van der Waals surface area contributed by atoms with Gasteiger partial charge >= 0.3 is 0 Å². The molecule has 0 atom stereocenters. The van der Waals surface area contributed by atoms with Gasteiger partial charge in [0.15, 0.2) is 11.6 Å². The maximum absolute atomic E-state index is 13.7. The molecule has 0 unspecified atom stereocenters. The van der Waals surface area contributed by atoms with Crippen molar-refractivity contribution in [3.8, 4) is 17.0 Å². The topological polar surface area (TPSA) is 64.9 Å². The summed E-state index contributed by atoms with van der Waals surface area (Å²) in [6, 6.07) is 5.98. The van der Waals surface area contributed by atoms with Gasteiger partial charge in [0.2, 0.25) is 5.95 Å². The van der Waals surface area contributed by atoms with E-state index in [0.29, 0.717) is 5.69 Å². The molecule has 0 amide bonds. The Morgan fingerprint density at radius 1 is 1.10 bits per heavy atom. The Bertz CT molecular complexity index is 1190. The number of pyridine rings is 1. The van der Waals surface area contributed by atoms with E-state index in [1.54, 1.807) is 18.5 Å². The van der Waals surface area contributed by atoms with E-state index in [2.05, 4.69) is 38.7 Å². The molecule has 1 aromatic carbocycles. The van der Waals surface area contributed by atoms with Crippen molar-refractivity contribution < 1.29 is 13.5 Å². The van der Waals surface area contributed by atoms with E-state index < -0.39 is 11.6 Å². The van der Waals surface area contributed by atoms with Crippen LogP contribution in [0.1, 0.15) is 19.9 Å². The Morgan fingerprint density at radius 2 is 1.90 bits per heavy atom. The zero-order chi connectivity index (χ0) is 20.5. The van der Waals surface area contributed by atoms with Crippen molar-refractivity contribution >= 4 is 22.5 Å². The van der Waals surface area contributed by atoms with Gasteiger partial charge in [-0.05, 0) is 26.0 Å². The highest BCUT2D eigenvalue weighted by molar-refractivity contribution is 5.94. The number of hydrogen-bond acceptors (Lipinski definition) is 5. The van der Waals surface area contributed by atoms with Crippen LogP contribution in [0.2, 0.25) is 0 Å². The van der Waals surface area contributed by atoms with Gasteiger partial charge in [-0.1, -0.05) is 0 Å². The molecule has 0 saturated carbocycles. The summed E-state index contributed by atoms with van der Waals surface area (Å²) in [5.74, 6) is -1.58. The van der Waals surface area contributed by atoms with Gasteiger partial charge in [0.1, 0.15) is 5.75 Å². The van der Waals surface area contributed by atoms with Crippen LogP contribution in [-0.4, -0.2) is 26.6 Å². The van der Waals surface area contributed by atoms with Crippen LogP contribution in [0.25, 0.3) is 22.2 Å². The van der Waals surface area contributed by atoms with Crippen LogP contribution < -0.4 is 10.1 Å². The first-order valence-corrected chi connectivity index (χ1v) is 9.06. The number of nitrogens with one attached hydrogen (secondary N) is 1. The second-order valence-electron chi connectivity index (χ2n) is 6.79. The summed E-state index contributed by atoms with van der Waals surface area (Å²) in [5.41, 5.74) is 2.86. The number of anilines is 2. The SMILES string of the molecule is COc1cc(F)c(F)cc1Nc1nccc(-c2cn(C(C)C)c3cnccc23)n1. The van der Waals surface area contributed by atoms with Crippen LogP contribution in [0.15, 0.2) is 49.1 Å². The maximum atomic E-state index is 13.7. The van der Waals surface area contributed by atoms with E-state index in [4.69, 9.17) is 4.74 Å². The second kappa shape index (κ2) is 7.46. The number of aromatic nitrogens is 4. The summed E-state index contributed by atoms with van der Waals surface area (Å²) in [6.45, 7) is 4.19. The second-order valence-corrected chi connectivity index (χ2v) is 6.79. The number of rotatable bonds is 5. The molecule has 0 saturated heterocycles. The van der Waals surface area contributed by atoms with Gasteiger partial charge in [-0.25, -0.2) is 18.7 Å². The van der Waals surface area contributed by atoms with Crippen LogP contribution in [-0.2, 0) is 0 Å². The lowest BCUT2D eigenvalue weighted by atomic mass is 10.1. The monoisotopic (exact) mass is 395 g/mol. The molecule has 6 nitrogen and oxygen atoms in total. The lowest BCUT2D eigenvalue weighted by Crippen LogP contribution is -2.01. The Morgan fingerprint density at radius 3 is 2.66 bits per heavy atom. The standard InChI is InChI=1S/C21H19F2N5O/c1-12(2)28-11-14(13-4-6-24-10-19(13)28)17-5-7-25-21(26-17)27-18-8-15(22)16(23)9-20(18)29-3/h4-12H,1-3H3,(H,25,26,27). The normalized spacial score (nSPS) is 11.2. The molecule has 0 aliphatic carbocycles. The van der Waals surface area contributed by atoms with Crippen molar-refractivity contribution in [2.75, 3.05) is 12.4 Å². The fourth-order valence-corrected chi connectivity index (χ4v) is 3.21. The van der Waals surface area contributed by atoms with E-state index in [1.165, 1.54) is 7.11 Å². The molecule has 0 aliphatic rings. The fraction of sp³-hybridized carbons (Fsp3) is 0.190. The third-order valence-electron chi connectivity index (χ3n) is 4.61. The first-order valence-electron chi connectivity index (χ1n) is 9.06. The first kappa shape index (κ1) is 18.8. The van der Waals surface area contributed by atoms with Gasteiger partial charge in [0.25, 0.3) is 0 Å². The van der Waals surface area contributed by atoms with Crippen LogP contribution in [0.3, 0.4) is 0 Å². The molecule has 4 aromatic rings. The van der Waals surface area contributed by atoms with Gasteiger partial charge < -0.3 is 14.6 Å². The molecule has 4 rings (SSSR count). The van der Waals surface area contributed by atoms with Crippen LogP contribution >= 0.6 is 0 Å². The van der Waals surface area contributed by atoms with E-state index in [9.17, 15) is 8.78 Å². The summed E-state index contributed by atoms with van der Waals surface area (Å²) in [5, 5.41) is 3.92. The van der Waals surface area contributed by atoms with Gasteiger partial charge in [-0.15, -0.1) is 0 Å². The van der Waals surface area contributed by atoms with Gasteiger partial charge in [-0.3, -0.25) is 4.98 Å². The van der Waals surface area contributed by atoms with Crippen LogP contribution in [0, 0.1) is 11.6 Å². The number of halogens is 2. The van der Waals surface area contributed by atoms with Crippen molar-refractivity contribution in [3.63, 3.8) is 0 Å². The average molecular weight is 395 g/mol. The Hall–Kier alpha value is -3.55. The van der Waals surface area contributed by atoms with E-state index >= 15 is 0 Å².